The molecule has 98 valence electrons. The Labute approximate surface area is 115 Å². The number of rotatable bonds is 3. The number of halogens is 1. The van der Waals surface area contributed by atoms with Gasteiger partial charge < -0.3 is 4.52 Å². The Kier molecular flexibility index (Phi) is 2.98. The third-order valence-corrected chi connectivity index (χ3v) is 3.54. The molecule has 0 spiro atoms. The summed E-state index contributed by atoms with van der Waals surface area (Å²) in [6.07, 6.45) is 0.753. The summed E-state index contributed by atoms with van der Waals surface area (Å²) in [4.78, 5) is 4.33. The molecule has 2 heterocycles. The molecule has 0 aliphatic rings. The molecule has 1 aromatic carbocycles. The van der Waals surface area contributed by atoms with Crippen LogP contribution in [0, 0.1) is 0 Å². The van der Waals surface area contributed by atoms with E-state index < -0.39 is 0 Å². The average molecular weight is 277 g/mol. The molecule has 19 heavy (non-hydrogen) atoms. The molecule has 0 bridgehead atoms. The van der Waals surface area contributed by atoms with Crippen molar-refractivity contribution in [3.8, 4) is 11.6 Å². The van der Waals surface area contributed by atoms with Gasteiger partial charge in [0.05, 0.1) is 10.9 Å². The first-order valence-electron chi connectivity index (χ1n) is 6.10. The predicted octanol–water partition coefficient (Wildman–Crippen LogP) is 3.31. The monoisotopic (exact) mass is 276 g/mol. The number of hydrogen-bond acceptors (Lipinski definition) is 4. The van der Waals surface area contributed by atoms with Crippen LogP contribution >= 0.6 is 11.6 Å². The number of alkyl halides is 1. The fraction of sp³-hybridized carbons (Fsp3) is 0.308. The topological polar surface area (TPSA) is 56.7 Å². The molecule has 6 heteroatoms. The van der Waals surface area contributed by atoms with Crippen LogP contribution in [-0.4, -0.2) is 19.9 Å². The summed E-state index contributed by atoms with van der Waals surface area (Å²) >= 11 is 6.10. The van der Waals surface area contributed by atoms with Crippen LogP contribution in [-0.2, 0) is 7.05 Å². The second-order valence-corrected chi connectivity index (χ2v) is 4.85. The van der Waals surface area contributed by atoms with Gasteiger partial charge in [0.1, 0.15) is 0 Å². The maximum atomic E-state index is 6.10. The van der Waals surface area contributed by atoms with Crippen molar-refractivity contribution in [2.24, 2.45) is 7.05 Å². The molecule has 0 fully saturated rings. The van der Waals surface area contributed by atoms with Crippen molar-refractivity contribution in [3.63, 3.8) is 0 Å². The van der Waals surface area contributed by atoms with Gasteiger partial charge in [-0.25, -0.2) is 0 Å². The van der Waals surface area contributed by atoms with Crippen LogP contribution in [0.15, 0.2) is 28.8 Å². The largest absolute Gasteiger partial charge is 0.332 e. The van der Waals surface area contributed by atoms with Gasteiger partial charge >= 0.3 is 0 Å². The number of fused-ring (bicyclic) bond motifs is 1. The number of aromatic nitrogens is 4. The molecule has 0 amide bonds. The van der Waals surface area contributed by atoms with Gasteiger partial charge in [-0.2, -0.15) is 10.1 Å². The van der Waals surface area contributed by atoms with Gasteiger partial charge in [-0.3, -0.25) is 4.68 Å². The minimum Gasteiger partial charge on any atom is -0.332 e. The Bertz CT molecular complexity index is 718. The number of benzene rings is 1. The Morgan fingerprint density at radius 3 is 2.95 bits per heavy atom. The summed E-state index contributed by atoms with van der Waals surface area (Å²) in [7, 11) is 1.89. The van der Waals surface area contributed by atoms with E-state index in [1.54, 1.807) is 4.68 Å². The van der Waals surface area contributed by atoms with E-state index in [1.165, 1.54) is 0 Å². The molecule has 1 unspecified atom stereocenters. The Balaban J connectivity index is 2.12. The molecule has 3 rings (SSSR count). The van der Waals surface area contributed by atoms with Crippen molar-refractivity contribution in [2.45, 2.75) is 18.7 Å². The van der Waals surface area contributed by atoms with Crippen molar-refractivity contribution in [2.75, 3.05) is 0 Å². The zero-order valence-electron chi connectivity index (χ0n) is 10.7. The number of nitrogens with zero attached hydrogens (tertiary/aromatic N) is 4. The summed E-state index contributed by atoms with van der Waals surface area (Å²) in [5.41, 5.74) is 1.71. The Morgan fingerprint density at radius 2 is 2.16 bits per heavy atom. The number of aryl methyl sites for hydroxylation is 1. The lowest BCUT2D eigenvalue weighted by molar-refractivity contribution is 0.420. The van der Waals surface area contributed by atoms with Crippen molar-refractivity contribution >= 4 is 22.5 Å². The van der Waals surface area contributed by atoms with Crippen LogP contribution in [0.2, 0.25) is 0 Å². The van der Waals surface area contributed by atoms with E-state index in [4.69, 9.17) is 16.1 Å². The maximum Gasteiger partial charge on any atom is 0.279 e. The summed E-state index contributed by atoms with van der Waals surface area (Å²) in [5.74, 6) is 0.916. The van der Waals surface area contributed by atoms with Gasteiger partial charge in [-0.15, -0.1) is 11.6 Å². The smallest absolute Gasteiger partial charge is 0.279 e. The molecule has 0 aliphatic heterocycles. The minimum atomic E-state index is -0.229. The highest BCUT2D eigenvalue weighted by Crippen LogP contribution is 2.28. The summed E-state index contributed by atoms with van der Waals surface area (Å²) < 4.78 is 7.07. The van der Waals surface area contributed by atoms with E-state index in [0.717, 1.165) is 17.3 Å². The lowest BCUT2D eigenvalue weighted by atomic mass is 10.2. The van der Waals surface area contributed by atoms with Crippen LogP contribution in [0.3, 0.4) is 0 Å². The van der Waals surface area contributed by atoms with Crippen molar-refractivity contribution in [1.29, 1.82) is 0 Å². The molecule has 0 radical (unpaired) electrons. The number of para-hydroxylation sites is 1. The highest BCUT2D eigenvalue weighted by Gasteiger charge is 2.19. The first kappa shape index (κ1) is 12.2. The van der Waals surface area contributed by atoms with Crippen molar-refractivity contribution < 1.29 is 4.52 Å². The van der Waals surface area contributed by atoms with E-state index in [-0.39, 0.29) is 5.38 Å². The zero-order valence-corrected chi connectivity index (χ0v) is 11.4. The number of hydrogen-bond donors (Lipinski definition) is 0. The molecule has 2 aromatic heterocycles. The van der Waals surface area contributed by atoms with E-state index in [2.05, 4.69) is 15.2 Å². The fourth-order valence-electron chi connectivity index (χ4n) is 2.01. The Morgan fingerprint density at radius 1 is 1.37 bits per heavy atom. The lowest BCUT2D eigenvalue weighted by Crippen LogP contribution is -1.91. The molecule has 0 saturated heterocycles. The Hall–Kier alpha value is -1.88. The summed E-state index contributed by atoms with van der Waals surface area (Å²) in [5, 5.41) is 9.11. The van der Waals surface area contributed by atoms with E-state index in [9.17, 15) is 0 Å². The first-order valence-corrected chi connectivity index (χ1v) is 6.54. The van der Waals surface area contributed by atoms with Crippen LogP contribution in [0.5, 0.6) is 0 Å². The van der Waals surface area contributed by atoms with Crippen LogP contribution in [0.1, 0.15) is 24.5 Å². The van der Waals surface area contributed by atoms with E-state index in [1.807, 2.05) is 38.2 Å². The quantitative estimate of drug-likeness (QED) is 0.689. The summed E-state index contributed by atoms with van der Waals surface area (Å²) in [6, 6.07) is 7.92. The average Bonchev–Trinajstić information content (AvgIpc) is 3.04. The molecule has 3 aromatic rings. The van der Waals surface area contributed by atoms with Crippen molar-refractivity contribution in [3.05, 3.63) is 30.1 Å². The van der Waals surface area contributed by atoms with E-state index in [0.29, 0.717) is 17.4 Å². The minimum absolute atomic E-state index is 0.229. The van der Waals surface area contributed by atoms with Gasteiger partial charge in [0.25, 0.3) is 5.89 Å². The molecule has 0 saturated carbocycles. The van der Waals surface area contributed by atoms with Crippen LogP contribution < -0.4 is 0 Å². The van der Waals surface area contributed by atoms with Crippen LogP contribution in [0.25, 0.3) is 22.5 Å². The highest BCUT2D eigenvalue weighted by atomic mass is 35.5. The zero-order chi connectivity index (χ0) is 13.4. The van der Waals surface area contributed by atoms with Gasteiger partial charge in [0.2, 0.25) is 0 Å². The van der Waals surface area contributed by atoms with Crippen LogP contribution in [0.4, 0.5) is 0 Å². The second kappa shape index (κ2) is 4.66. The molecule has 0 N–H and O–H groups in total. The molecule has 5 nitrogen and oxygen atoms in total. The maximum absolute atomic E-state index is 6.10. The first-order chi connectivity index (χ1) is 9.20. The van der Waals surface area contributed by atoms with Crippen molar-refractivity contribution in [1.82, 2.24) is 19.9 Å². The second-order valence-electron chi connectivity index (χ2n) is 4.32. The third-order valence-electron chi connectivity index (χ3n) is 3.04. The van der Waals surface area contributed by atoms with E-state index >= 15 is 0 Å². The molecular formula is C13H13ClN4O. The molecule has 0 aliphatic carbocycles. The van der Waals surface area contributed by atoms with Gasteiger partial charge in [-0.1, -0.05) is 30.3 Å². The standard InChI is InChI=1S/C13H13ClN4O/c1-3-9(14)12-15-13(19-17-12)11-8-6-4-5-7-10(8)18(2)16-11/h4-7,9H,3H2,1-2H3. The molecule has 1 atom stereocenters. The third kappa shape index (κ3) is 2.00. The lowest BCUT2D eigenvalue weighted by Gasteiger charge is -1.95. The molecular weight excluding hydrogens is 264 g/mol. The van der Waals surface area contributed by atoms with Gasteiger partial charge in [0, 0.05) is 12.4 Å². The van der Waals surface area contributed by atoms with Gasteiger partial charge in [-0.05, 0) is 12.5 Å². The highest BCUT2D eigenvalue weighted by molar-refractivity contribution is 6.20. The normalized spacial score (nSPS) is 13.0. The SMILES string of the molecule is CCC(Cl)c1noc(-c2nn(C)c3ccccc23)n1. The summed E-state index contributed by atoms with van der Waals surface area (Å²) in [6.45, 7) is 1.98. The van der Waals surface area contributed by atoms with Gasteiger partial charge in [0.15, 0.2) is 11.5 Å². The predicted molar refractivity (Wildman–Crippen MR) is 72.9 cm³/mol. The fourth-order valence-corrected chi connectivity index (χ4v) is 2.10.